The highest BCUT2D eigenvalue weighted by atomic mass is 16.7. The first-order valence-electron chi connectivity index (χ1n) is 14.0. The van der Waals surface area contributed by atoms with Crippen molar-refractivity contribution in [3.05, 3.63) is 0 Å². The predicted molar refractivity (Wildman–Crippen MR) is 144 cm³/mol. The molecule has 18 heteroatoms. The minimum Gasteiger partial charge on any atom is -0.463 e. The van der Waals surface area contributed by atoms with Crippen LogP contribution in [-0.2, 0) is 85.7 Å². The van der Waals surface area contributed by atoms with Gasteiger partial charge in [0, 0.05) is 55.4 Å². The van der Waals surface area contributed by atoms with E-state index in [4.69, 9.17) is 47.4 Å². The van der Waals surface area contributed by atoms with Crippen LogP contribution in [0.4, 0.5) is 0 Å². The fraction of sp³-hybridized carbons (Fsp3) is 0.714. The van der Waals surface area contributed by atoms with Gasteiger partial charge in [-0.3, -0.25) is 38.4 Å². The van der Waals surface area contributed by atoms with Crippen LogP contribution in [0.5, 0.6) is 0 Å². The van der Waals surface area contributed by atoms with Crippen LogP contribution in [0.25, 0.3) is 0 Å². The molecule has 0 bridgehead atoms. The molecule has 0 radical (unpaired) electrons. The van der Waals surface area contributed by atoms with Gasteiger partial charge >= 0.3 is 47.8 Å². The van der Waals surface area contributed by atoms with Crippen LogP contribution >= 0.6 is 0 Å². The molecule has 0 amide bonds. The van der Waals surface area contributed by atoms with Crippen molar-refractivity contribution in [2.75, 3.05) is 13.2 Å². The van der Waals surface area contributed by atoms with Crippen molar-refractivity contribution in [3.8, 4) is 0 Å². The number of rotatable bonds is 11. The first-order valence-corrected chi connectivity index (χ1v) is 14.0. The van der Waals surface area contributed by atoms with Crippen LogP contribution in [0.1, 0.15) is 55.4 Å². The molecule has 0 aromatic heterocycles. The lowest BCUT2D eigenvalue weighted by Crippen LogP contribution is -2.71. The maximum Gasteiger partial charge on any atom is 0.303 e. The normalized spacial score (nSPS) is 30.4. The second kappa shape index (κ2) is 16.8. The van der Waals surface area contributed by atoms with Crippen molar-refractivity contribution in [3.63, 3.8) is 0 Å². The SMILES string of the molecule is CC(=O)OC[C@H]1O[C@H]([C@H]2O[C@H](COC(C)=O)[C@@H](OC(C)=O)[C@H](OC(C)=O)[C@H]2OC(C)=O)[C@H](OC(C)=O)[C@@H](OC(C)=O)[C@@H]1OC(C)=O. The van der Waals surface area contributed by atoms with Crippen molar-refractivity contribution >= 4 is 47.8 Å². The van der Waals surface area contributed by atoms with Crippen LogP contribution in [-0.4, -0.2) is 122 Å². The van der Waals surface area contributed by atoms with E-state index in [9.17, 15) is 38.4 Å². The zero-order valence-corrected chi connectivity index (χ0v) is 26.5. The molecule has 2 saturated heterocycles. The largest absolute Gasteiger partial charge is 0.463 e. The predicted octanol–water partition coefficient (Wildman–Crippen LogP) is -0.762. The molecule has 2 heterocycles. The third kappa shape index (κ3) is 10.9. The molecule has 2 fully saturated rings. The number of esters is 8. The summed E-state index contributed by atoms with van der Waals surface area (Å²) in [4.78, 5) is 97.0. The second-order valence-electron chi connectivity index (χ2n) is 10.3. The lowest BCUT2D eigenvalue weighted by Gasteiger charge is -2.51. The van der Waals surface area contributed by atoms with Gasteiger partial charge in [-0.2, -0.15) is 0 Å². The summed E-state index contributed by atoms with van der Waals surface area (Å²) in [6, 6.07) is 0. The van der Waals surface area contributed by atoms with E-state index in [0.29, 0.717) is 0 Å². The minimum absolute atomic E-state index is 0.584. The van der Waals surface area contributed by atoms with Crippen LogP contribution in [0.2, 0.25) is 0 Å². The Bertz CT molecular complexity index is 1090. The quantitative estimate of drug-likeness (QED) is 0.195. The van der Waals surface area contributed by atoms with Gasteiger partial charge in [0.1, 0.15) is 37.6 Å². The molecule has 2 aliphatic rings. The number of ether oxygens (including phenoxy) is 10. The van der Waals surface area contributed by atoms with Crippen molar-refractivity contribution < 1.29 is 85.7 Å². The van der Waals surface area contributed by atoms with Gasteiger partial charge in [-0.25, -0.2) is 0 Å². The molecule has 0 saturated carbocycles. The van der Waals surface area contributed by atoms with E-state index in [2.05, 4.69) is 0 Å². The Kier molecular flexibility index (Phi) is 13.9. The summed E-state index contributed by atoms with van der Waals surface area (Å²) >= 11 is 0. The standard InChI is InChI=1S/C28H38O18/c1-11(29)37-9-19-21(39-13(3)31)23(41-15(5)33)25(43-17(7)35)27(45-19)28-26(44-18(8)36)24(42-16(6)34)22(40-14(4)32)20(46-28)10-38-12(2)30/h19-28H,9-10H2,1-8H3/t19-,20-,21-,22-,23+,24+,25-,26-,27+,28+/m1/s1. The van der Waals surface area contributed by atoms with Gasteiger partial charge in [-0.15, -0.1) is 0 Å². The Morgan fingerprint density at radius 2 is 0.609 bits per heavy atom. The fourth-order valence-electron chi connectivity index (χ4n) is 5.05. The highest BCUT2D eigenvalue weighted by molar-refractivity contribution is 5.70. The van der Waals surface area contributed by atoms with E-state index in [0.717, 1.165) is 55.4 Å². The summed E-state index contributed by atoms with van der Waals surface area (Å²) in [5.74, 6) is -6.94. The molecule has 0 aromatic carbocycles. The summed E-state index contributed by atoms with van der Waals surface area (Å²) in [7, 11) is 0. The molecule has 46 heavy (non-hydrogen) atoms. The van der Waals surface area contributed by atoms with Gasteiger partial charge in [0.2, 0.25) is 0 Å². The number of carbonyl (C=O) groups excluding carboxylic acids is 8. The summed E-state index contributed by atoms with van der Waals surface area (Å²) in [6.45, 7) is 7.17. The van der Waals surface area contributed by atoms with E-state index in [1.165, 1.54) is 0 Å². The van der Waals surface area contributed by atoms with Gasteiger partial charge < -0.3 is 47.4 Å². The average Bonchev–Trinajstić information content (AvgIpc) is 2.89. The summed E-state index contributed by atoms with van der Waals surface area (Å²) < 4.78 is 55.2. The second-order valence-corrected chi connectivity index (χ2v) is 10.3. The van der Waals surface area contributed by atoms with Gasteiger partial charge in [-0.1, -0.05) is 0 Å². The molecule has 18 nitrogen and oxygen atoms in total. The third-order valence-corrected chi connectivity index (χ3v) is 6.38. The van der Waals surface area contributed by atoms with Crippen LogP contribution < -0.4 is 0 Å². The van der Waals surface area contributed by atoms with Gasteiger partial charge in [0.15, 0.2) is 36.6 Å². The Hall–Kier alpha value is -4.32. The molecule has 0 aromatic rings. The highest BCUT2D eigenvalue weighted by Gasteiger charge is 2.61. The molecular formula is C28H38O18. The topological polar surface area (TPSA) is 229 Å². The Balaban J connectivity index is 2.83. The molecular weight excluding hydrogens is 624 g/mol. The van der Waals surface area contributed by atoms with E-state index < -0.39 is 122 Å². The zero-order valence-electron chi connectivity index (χ0n) is 26.5. The maximum atomic E-state index is 12.4. The summed E-state index contributed by atoms with van der Waals surface area (Å²) in [5, 5.41) is 0. The lowest BCUT2D eigenvalue weighted by atomic mass is 9.85. The van der Waals surface area contributed by atoms with E-state index in [1.54, 1.807) is 0 Å². The van der Waals surface area contributed by atoms with Crippen molar-refractivity contribution in [2.24, 2.45) is 0 Å². The van der Waals surface area contributed by atoms with E-state index in [-0.39, 0.29) is 0 Å². The van der Waals surface area contributed by atoms with Gasteiger partial charge in [0.05, 0.1) is 0 Å². The van der Waals surface area contributed by atoms with Crippen LogP contribution in [0.3, 0.4) is 0 Å². The highest BCUT2D eigenvalue weighted by Crippen LogP contribution is 2.38. The summed E-state index contributed by atoms with van der Waals surface area (Å²) in [6.07, 6.45) is -15.8. The summed E-state index contributed by atoms with van der Waals surface area (Å²) in [5.41, 5.74) is 0. The Morgan fingerprint density at radius 3 is 0.848 bits per heavy atom. The van der Waals surface area contributed by atoms with Crippen molar-refractivity contribution in [1.29, 1.82) is 0 Å². The van der Waals surface area contributed by atoms with Crippen LogP contribution in [0.15, 0.2) is 0 Å². The molecule has 0 unspecified atom stereocenters. The molecule has 2 aliphatic heterocycles. The molecule has 10 atom stereocenters. The Morgan fingerprint density at radius 1 is 0.370 bits per heavy atom. The first kappa shape index (κ1) is 37.9. The number of hydrogen-bond donors (Lipinski definition) is 0. The van der Waals surface area contributed by atoms with Crippen molar-refractivity contribution in [2.45, 2.75) is 116 Å². The smallest absolute Gasteiger partial charge is 0.303 e. The number of hydrogen-bond acceptors (Lipinski definition) is 18. The Labute approximate surface area is 263 Å². The molecule has 258 valence electrons. The monoisotopic (exact) mass is 662 g/mol. The van der Waals surface area contributed by atoms with E-state index >= 15 is 0 Å². The first-order chi connectivity index (χ1) is 21.4. The third-order valence-electron chi connectivity index (χ3n) is 6.38. The van der Waals surface area contributed by atoms with Gasteiger partial charge in [0.25, 0.3) is 0 Å². The average molecular weight is 663 g/mol. The molecule has 0 spiro atoms. The van der Waals surface area contributed by atoms with Crippen LogP contribution in [0, 0.1) is 0 Å². The molecule has 0 N–H and O–H groups in total. The van der Waals surface area contributed by atoms with Gasteiger partial charge in [-0.05, 0) is 0 Å². The zero-order chi connectivity index (χ0) is 34.9. The van der Waals surface area contributed by atoms with Crippen molar-refractivity contribution in [1.82, 2.24) is 0 Å². The minimum atomic E-state index is -1.68. The maximum absolute atomic E-state index is 12.4. The lowest BCUT2D eigenvalue weighted by molar-refractivity contribution is -0.310. The molecule has 2 rings (SSSR count). The molecule has 0 aliphatic carbocycles. The van der Waals surface area contributed by atoms with E-state index in [1.807, 2.05) is 0 Å². The fourth-order valence-corrected chi connectivity index (χ4v) is 5.05. The number of carbonyl (C=O) groups is 8.